The van der Waals surface area contributed by atoms with Crippen LogP contribution < -0.4 is 4.90 Å². The van der Waals surface area contributed by atoms with Crippen LogP contribution in [0.3, 0.4) is 0 Å². The lowest BCUT2D eigenvalue weighted by atomic mass is 10.0. The number of rotatable bonds is 8. The van der Waals surface area contributed by atoms with Gasteiger partial charge in [0.1, 0.15) is 0 Å². The molecule has 0 amide bonds. The molecule has 0 aliphatic carbocycles. The third kappa shape index (κ3) is 5.00. The molecule has 140 valence electrons. The molecule has 1 fully saturated rings. The van der Waals surface area contributed by atoms with Crippen LogP contribution in [0.25, 0.3) is 0 Å². The van der Waals surface area contributed by atoms with E-state index < -0.39 is 0 Å². The number of hydrogen-bond acceptors (Lipinski definition) is 5. The van der Waals surface area contributed by atoms with E-state index in [1.165, 1.54) is 16.1 Å². The quantitative estimate of drug-likeness (QED) is 0.510. The molecular formula is C21H29N3OS. The Morgan fingerprint density at radius 2 is 1.85 bits per heavy atom. The molecule has 1 aromatic carbocycles. The molecule has 1 aliphatic rings. The maximum atomic E-state index is 5.11. The minimum absolute atomic E-state index is 0.150. The van der Waals surface area contributed by atoms with Gasteiger partial charge in [-0.3, -0.25) is 9.88 Å². The summed E-state index contributed by atoms with van der Waals surface area (Å²) in [7, 11) is 1.76. The van der Waals surface area contributed by atoms with Crippen molar-refractivity contribution in [2.75, 3.05) is 37.6 Å². The van der Waals surface area contributed by atoms with E-state index in [4.69, 9.17) is 4.74 Å². The summed E-state index contributed by atoms with van der Waals surface area (Å²) in [5.74, 6) is 1.10. The zero-order valence-corrected chi connectivity index (χ0v) is 16.8. The van der Waals surface area contributed by atoms with Gasteiger partial charge < -0.3 is 9.64 Å². The lowest BCUT2D eigenvalue weighted by Gasteiger charge is -2.29. The Kier molecular flexibility index (Phi) is 6.57. The molecule has 1 aliphatic heterocycles. The van der Waals surface area contributed by atoms with E-state index in [-0.39, 0.29) is 5.54 Å². The second kappa shape index (κ2) is 8.89. The van der Waals surface area contributed by atoms with Gasteiger partial charge in [0.05, 0.1) is 6.67 Å². The van der Waals surface area contributed by atoms with Crippen LogP contribution in [0.2, 0.25) is 0 Å². The van der Waals surface area contributed by atoms with E-state index in [1.807, 2.05) is 24.2 Å². The first kappa shape index (κ1) is 19.2. The number of benzene rings is 1. The van der Waals surface area contributed by atoms with E-state index in [2.05, 4.69) is 65.0 Å². The first-order chi connectivity index (χ1) is 12.6. The number of anilines is 1. The summed E-state index contributed by atoms with van der Waals surface area (Å²) < 4.78 is 5.11. The predicted molar refractivity (Wildman–Crippen MR) is 110 cm³/mol. The molecule has 5 heteroatoms. The maximum absolute atomic E-state index is 5.11. The highest BCUT2D eigenvalue weighted by Crippen LogP contribution is 2.31. The van der Waals surface area contributed by atoms with Gasteiger partial charge in [-0.05, 0) is 62.2 Å². The van der Waals surface area contributed by atoms with Crippen molar-refractivity contribution in [3.8, 4) is 0 Å². The smallest absolute Gasteiger partial charge is 0.0715 e. The molecule has 26 heavy (non-hydrogen) atoms. The minimum Gasteiger partial charge on any atom is -0.385 e. The summed E-state index contributed by atoms with van der Waals surface area (Å²) in [6.07, 6.45) is 4.84. The van der Waals surface area contributed by atoms with Gasteiger partial charge in [-0.15, -0.1) is 11.8 Å². The minimum atomic E-state index is 0.150. The molecular weight excluding hydrogens is 342 g/mol. The third-order valence-electron chi connectivity index (χ3n) is 4.86. The number of aromatic nitrogens is 1. The molecule has 4 nitrogen and oxygen atoms in total. The average Bonchev–Trinajstić information content (AvgIpc) is 2.95. The van der Waals surface area contributed by atoms with Crippen LogP contribution in [0.5, 0.6) is 0 Å². The summed E-state index contributed by atoms with van der Waals surface area (Å²) in [5.41, 5.74) is 2.77. The van der Waals surface area contributed by atoms with Crippen molar-refractivity contribution < 1.29 is 4.74 Å². The molecule has 0 atom stereocenters. The summed E-state index contributed by atoms with van der Waals surface area (Å²) in [4.78, 5) is 10.5. The molecule has 0 spiro atoms. The molecule has 2 heterocycles. The zero-order valence-electron chi connectivity index (χ0n) is 16.0. The second-order valence-corrected chi connectivity index (χ2v) is 8.56. The van der Waals surface area contributed by atoms with Crippen LogP contribution in [0.15, 0.2) is 53.7 Å². The van der Waals surface area contributed by atoms with Crippen molar-refractivity contribution in [1.29, 1.82) is 0 Å². The number of methoxy groups -OCH3 is 1. The van der Waals surface area contributed by atoms with Crippen molar-refractivity contribution in [3.05, 3.63) is 54.4 Å². The monoisotopic (exact) mass is 371 g/mol. The fourth-order valence-electron chi connectivity index (χ4n) is 3.31. The molecule has 0 unspecified atom stereocenters. The van der Waals surface area contributed by atoms with Crippen molar-refractivity contribution in [2.45, 2.75) is 37.2 Å². The van der Waals surface area contributed by atoms with E-state index >= 15 is 0 Å². The summed E-state index contributed by atoms with van der Waals surface area (Å²) >= 11 is 1.90. The second-order valence-electron chi connectivity index (χ2n) is 7.39. The molecule has 1 saturated heterocycles. The highest BCUT2D eigenvalue weighted by molar-refractivity contribution is 7.99. The number of pyridine rings is 1. The van der Waals surface area contributed by atoms with Gasteiger partial charge >= 0.3 is 0 Å². The van der Waals surface area contributed by atoms with Crippen LogP contribution in [-0.4, -0.2) is 48.1 Å². The Morgan fingerprint density at radius 3 is 2.54 bits per heavy atom. The normalized spacial score (nSPS) is 17.0. The van der Waals surface area contributed by atoms with Crippen LogP contribution in [0, 0.1) is 0 Å². The molecule has 3 rings (SSSR count). The number of hydrogen-bond donors (Lipinski definition) is 0. The Bertz CT molecular complexity index is 675. The van der Waals surface area contributed by atoms with Crippen LogP contribution in [-0.2, 0) is 11.3 Å². The van der Waals surface area contributed by atoms with E-state index in [1.54, 1.807) is 7.11 Å². The molecule has 0 saturated carbocycles. The van der Waals surface area contributed by atoms with Gasteiger partial charge in [0.2, 0.25) is 0 Å². The number of thioether (sulfide) groups is 1. The molecule has 0 radical (unpaired) electrons. The third-order valence-corrected chi connectivity index (χ3v) is 5.96. The van der Waals surface area contributed by atoms with Crippen molar-refractivity contribution in [2.24, 2.45) is 0 Å². The summed E-state index contributed by atoms with van der Waals surface area (Å²) in [5, 5.41) is 0. The lowest BCUT2D eigenvalue weighted by Crippen LogP contribution is -2.39. The first-order valence-electron chi connectivity index (χ1n) is 9.19. The van der Waals surface area contributed by atoms with Gasteiger partial charge in [-0.25, -0.2) is 0 Å². The number of ether oxygens (including phenoxy) is 1. The fourth-order valence-corrected chi connectivity index (χ4v) is 4.13. The van der Waals surface area contributed by atoms with E-state index in [0.717, 1.165) is 38.5 Å². The van der Waals surface area contributed by atoms with Gasteiger partial charge in [0.15, 0.2) is 0 Å². The summed E-state index contributed by atoms with van der Waals surface area (Å²) in [6, 6.07) is 13.2. The topological polar surface area (TPSA) is 28.6 Å². The van der Waals surface area contributed by atoms with Crippen molar-refractivity contribution in [3.63, 3.8) is 0 Å². The largest absolute Gasteiger partial charge is 0.385 e. The molecule has 2 aromatic rings. The number of nitrogens with zero attached hydrogens (tertiary/aromatic N) is 3. The summed E-state index contributed by atoms with van der Waals surface area (Å²) in [6.45, 7) is 8.44. The Morgan fingerprint density at radius 1 is 1.12 bits per heavy atom. The van der Waals surface area contributed by atoms with Gasteiger partial charge in [-0.2, -0.15) is 0 Å². The maximum Gasteiger partial charge on any atom is 0.0715 e. The van der Waals surface area contributed by atoms with Crippen LogP contribution >= 0.6 is 11.8 Å². The average molecular weight is 372 g/mol. The first-order valence-corrected chi connectivity index (χ1v) is 10.2. The van der Waals surface area contributed by atoms with Gasteiger partial charge in [0, 0.05) is 61.1 Å². The predicted octanol–water partition coefficient (Wildman–Crippen LogP) is 4.27. The van der Waals surface area contributed by atoms with Crippen molar-refractivity contribution in [1.82, 2.24) is 9.88 Å². The van der Waals surface area contributed by atoms with Crippen LogP contribution in [0.4, 0.5) is 5.69 Å². The highest BCUT2D eigenvalue weighted by Gasteiger charge is 2.36. The Hall–Kier alpha value is -1.56. The van der Waals surface area contributed by atoms with E-state index in [0.29, 0.717) is 0 Å². The lowest BCUT2D eigenvalue weighted by molar-refractivity contribution is 0.175. The standard InChI is InChI=1S/C21H29N3OS/c1-21(2)16-23(17-24(21)15-18-9-11-22-12-10-18)19-5-7-20(8-6-19)26-14-4-13-25-3/h5-12H,4,13-17H2,1-3H3. The molecule has 0 N–H and O–H groups in total. The Labute approximate surface area is 161 Å². The Balaban J connectivity index is 1.59. The highest BCUT2D eigenvalue weighted by atomic mass is 32.2. The SMILES string of the molecule is COCCCSc1ccc(N2CN(Cc3ccncc3)C(C)(C)C2)cc1. The van der Waals surface area contributed by atoms with Gasteiger partial charge in [0.25, 0.3) is 0 Å². The van der Waals surface area contributed by atoms with Gasteiger partial charge in [-0.1, -0.05) is 0 Å². The molecule has 1 aromatic heterocycles. The zero-order chi connectivity index (χ0) is 18.4. The van der Waals surface area contributed by atoms with Crippen LogP contribution in [0.1, 0.15) is 25.8 Å². The fraction of sp³-hybridized carbons (Fsp3) is 0.476. The van der Waals surface area contributed by atoms with Crippen molar-refractivity contribution >= 4 is 17.4 Å². The van der Waals surface area contributed by atoms with E-state index in [9.17, 15) is 0 Å². The molecule has 0 bridgehead atoms.